The van der Waals surface area contributed by atoms with Crippen molar-refractivity contribution in [3.05, 3.63) is 37.4 Å². The van der Waals surface area contributed by atoms with Crippen LogP contribution in [0.1, 0.15) is 0 Å². The summed E-state index contributed by atoms with van der Waals surface area (Å²) >= 11 is 5.44. The van der Waals surface area contributed by atoms with Gasteiger partial charge in [0.15, 0.2) is 0 Å². The van der Waals surface area contributed by atoms with Crippen LogP contribution in [0.15, 0.2) is 12.1 Å². The highest BCUT2D eigenvalue weighted by Crippen LogP contribution is 2.38. The summed E-state index contributed by atoms with van der Waals surface area (Å²) in [7, 11) is 0. The molecule has 0 aliphatic heterocycles. The fourth-order valence-electron chi connectivity index (χ4n) is 0.936. The van der Waals surface area contributed by atoms with Gasteiger partial charge in [-0.25, -0.2) is 0 Å². The molecule has 0 fully saturated rings. The lowest BCUT2D eigenvalue weighted by Gasteiger charge is -1.99. The number of nitrogen functional groups attached to an aromatic ring is 1. The van der Waals surface area contributed by atoms with Gasteiger partial charge < -0.3 is 5.73 Å². The van der Waals surface area contributed by atoms with Gasteiger partial charge in [-0.3, -0.25) is 20.2 Å². The Hall–Kier alpha value is -1.89. The lowest BCUT2D eigenvalue weighted by molar-refractivity contribution is -0.421. The van der Waals surface area contributed by atoms with Crippen molar-refractivity contribution in [3.8, 4) is 0 Å². The molecule has 0 aromatic heterocycles. The SMILES string of the molecule is Nc1ccc(Cl)c([N+](=O)[O-])c1[N+](=O)[O-]. The second-order valence-corrected chi connectivity index (χ2v) is 2.76. The quantitative estimate of drug-likeness (QED) is 0.460. The Balaban J connectivity index is 3.58. The predicted molar refractivity (Wildman–Crippen MR) is 49.2 cm³/mol. The Morgan fingerprint density at radius 2 is 1.64 bits per heavy atom. The number of anilines is 1. The van der Waals surface area contributed by atoms with E-state index in [0.29, 0.717) is 0 Å². The van der Waals surface area contributed by atoms with E-state index in [1.807, 2.05) is 0 Å². The molecule has 0 saturated heterocycles. The van der Waals surface area contributed by atoms with Crippen LogP contribution in [0.3, 0.4) is 0 Å². The van der Waals surface area contributed by atoms with Gasteiger partial charge in [0.25, 0.3) is 0 Å². The fraction of sp³-hybridized carbons (Fsp3) is 0. The van der Waals surface area contributed by atoms with Gasteiger partial charge in [0.2, 0.25) is 0 Å². The number of nitro groups is 2. The molecule has 1 aromatic rings. The van der Waals surface area contributed by atoms with E-state index >= 15 is 0 Å². The zero-order valence-electron chi connectivity index (χ0n) is 6.64. The van der Waals surface area contributed by atoms with Crippen molar-refractivity contribution in [2.45, 2.75) is 0 Å². The van der Waals surface area contributed by atoms with Gasteiger partial charge in [0.05, 0.1) is 9.85 Å². The molecule has 8 heteroatoms. The average Bonchev–Trinajstić information content (AvgIpc) is 2.07. The topological polar surface area (TPSA) is 112 Å². The summed E-state index contributed by atoms with van der Waals surface area (Å²) in [6.07, 6.45) is 0. The van der Waals surface area contributed by atoms with Crippen LogP contribution in [-0.4, -0.2) is 9.85 Å². The lowest BCUT2D eigenvalue weighted by atomic mass is 10.2. The molecule has 0 aliphatic carbocycles. The zero-order chi connectivity index (χ0) is 10.9. The van der Waals surface area contributed by atoms with Crippen LogP contribution in [0.2, 0.25) is 5.02 Å². The minimum absolute atomic E-state index is 0.286. The van der Waals surface area contributed by atoms with Crippen molar-refractivity contribution in [2.75, 3.05) is 5.73 Å². The number of halogens is 1. The molecule has 0 amide bonds. The molecule has 0 unspecified atom stereocenters. The van der Waals surface area contributed by atoms with E-state index in [1.165, 1.54) is 0 Å². The Bertz CT molecular complexity index is 381. The molecule has 1 rings (SSSR count). The zero-order valence-corrected chi connectivity index (χ0v) is 7.39. The smallest absolute Gasteiger partial charge is 0.370 e. The summed E-state index contributed by atoms with van der Waals surface area (Å²) in [5, 5.41) is 20.6. The average molecular weight is 218 g/mol. The van der Waals surface area contributed by atoms with Crippen molar-refractivity contribution < 1.29 is 9.85 Å². The van der Waals surface area contributed by atoms with Crippen LogP contribution in [-0.2, 0) is 0 Å². The summed E-state index contributed by atoms with van der Waals surface area (Å²) < 4.78 is 0. The Kier molecular flexibility index (Phi) is 2.52. The first kappa shape index (κ1) is 10.2. The maximum atomic E-state index is 10.5. The molecule has 0 atom stereocenters. The van der Waals surface area contributed by atoms with Crippen LogP contribution in [0.5, 0.6) is 0 Å². The van der Waals surface area contributed by atoms with Crippen LogP contribution in [0.25, 0.3) is 0 Å². The van der Waals surface area contributed by atoms with E-state index < -0.39 is 21.2 Å². The standard InChI is InChI=1S/C6H4ClN3O4/c7-3-1-2-4(8)6(10(13)14)5(3)9(11)12/h1-2H,8H2. The molecular weight excluding hydrogens is 214 g/mol. The van der Waals surface area contributed by atoms with Crippen LogP contribution < -0.4 is 5.73 Å². The Morgan fingerprint density at radius 1 is 1.14 bits per heavy atom. The monoisotopic (exact) mass is 217 g/mol. The van der Waals surface area contributed by atoms with Gasteiger partial charge in [0, 0.05) is 0 Å². The summed E-state index contributed by atoms with van der Waals surface area (Å²) in [5.74, 6) is 0. The number of nitrogens with two attached hydrogens (primary N) is 1. The third-order valence-electron chi connectivity index (χ3n) is 1.50. The molecule has 0 saturated carbocycles. The third-order valence-corrected chi connectivity index (χ3v) is 1.80. The van der Waals surface area contributed by atoms with E-state index in [4.69, 9.17) is 17.3 Å². The lowest BCUT2D eigenvalue weighted by Crippen LogP contribution is -2.01. The molecule has 14 heavy (non-hydrogen) atoms. The normalized spacial score (nSPS) is 9.79. The van der Waals surface area contributed by atoms with Gasteiger partial charge in [0.1, 0.15) is 10.7 Å². The first-order valence-electron chi connectivity index (χ1n) is 3.32. The molecular formula is C6H4ClN3O4. The Morgan fingerprint density at radius 3 is 2.00 bits per heavy atom. The molecule has 1 aromatic carbocycles. The Labute approximate surface area is 82.4 Å². The molecule has 7 nitrogen and oxygen atoms in total. The van der Waals surface area contributed by atoms with Crippen molar-refractivity contribution in [1.29, 1.82) is 0 Å². The molecule has 74 valence electrons. The van der Waals surface area contributed by atoms with E-state index in [0.717, 1.165) is 12.1 Å². The predicted octanol–water partition coefficient (Wildman–Crippen LogP) is 1.74. The fourth-order valence-corrected chi connectivity index (χ4v) is 1.16. The summed E-state index contributed by atoms with van der Waals surface area (Å²) in [6, 6.07) is 2.29. The van der Waals surface area contributed by atoms with Crippen LogP contribution in [0.4, 0.5) is 17.1 Å². The molecule has 0 heterocycles. The van der Waals surface area contributed by atoms with E-state index in [1.54, 1.807) is 0 Å². The number of nitrogens with zero attached hydrogens (tertiary/aromatic N) is 2. The van der Waals surface area contributed by atoms with E-state index in [-0.39, 0.29) is 10.7 Å². The van der Waals surface area contributed by atoms with Gasteiger partial charge >= 0.3 is 11.4 Å². The summed E-state index contributed by atoms with van der Waals surface area (Å²) in [5.41, 5.74) is 3.38. The molecule has 0 aliphatic rings. The van der Waals surface area contributed by atoms with E-state index in [2.05, 4.69) is 0 Å². The minimum Gasteiger partial charge on any atom is -0.393 e. The second kappa shape index (κ2) is 3.46. The molecule has 0 bridgehead atoms. The number of hydrogen-bond acceptors (Lipinski definition) is 5. The van der Waals surface area contributed by atoms with Crippen molar-refractivity contribution in [3.63, 3.8) is 0 Å². The van der Waals surface area contributed by atoms with Gasteiger partial charge in [-0.1, -0.05) is 11.6 Å². The van der Waals surface area contributed by atoms with E-state index in [9.17, 15) is 20.2 Å². The van der Waals surface area contributed by atoms with Crippen molar-refractivity contribution in [1.82, 2.24) is 0 Å². The molecule has 0 spiro atoms. The minimum atomic E-state index is -0.934. The largest absolute Gasteiger partial charge is 0.393 e. The number of nitro benzene ring substituents is 2. The summed E-state index contributed by atoms with van der Waals surface area (Å²) in [6.45, 7) is 0. The molecule has 0 radical (unpaired) electrons. The maximum absolute atomic E-state index is 10.5. The maximum Gasteiger partial charge on any atom is 0.370 e. The highest BCUT2D eigenvalue weighted by atomic mass is 35.5. The second-order valence-electron chi connectivity index (χ2n) is 2.35. The van der Waals surface area contributed by atoms with Crippen LogP contribution in [0, 0.1) is 20.2 Å². The van der Waals surface area contributed by atoms with Crippen molar-refractivity contribution >= 4 is 28.7 Å². The first-order chi connectivity index (χ1) is 6.45. The highest BCUT2D eigenvalue weighted by Gasteiger charge is 2.30. The van der Waals surface area contributed by atoms with Crippen molar-refractivity contribution in [2.24, 2.45) is 0 Å². The van der Waals surface area contributed by atoms with Gasteiger partial charge in [-0.2, -0.15) is 0 Å². The highest BCUT2D eigenvalue weighted by molar-refractivity contribution is 6.33. The number of hydrogen-bond donors (Lipinski definition) is 1. The summed E-state index contributed by atoms with van der Waals surface area (Å²) in [4.78, 5) is 19.1. The van der Waals surface area contributed by atoms with Crippen LogP contribution >= 0.6 is 11.6 Å². The molecule has 2 N–H and O–H groups in total. The third kappa shape index (κ3) is 1.57. The van der Waals surface area contributed by atoms with Gasteiger partial charge in [-0.05, 0) is 12.1 Å². The van der Waals surface area contributed by atoms with Gasteiger partial charge in [-0.15, -0.1) is 0 Å². The number of benzene rings is 1. The first-order valence-corrected chi connectivity index (χ1v) is 3.69. The number of rotatable bonds is 2.